The Morgan fingerprint density at radius 3 is 2.63 bits per heavy atom. The number of benzene rings is 2. The number of thiazole rings is 1. The average molecular weight is 652 g/mol. The van der Waals surface area contributed by atoms with E-state index in [1.54, 1.807) is 31.7 Å². The lowest BCUT2D eigenvalue weighted by Gasteiger charge is -2.27. The molecular weight excluding hydrogens is 627 g/mol. The number of ether oxygens (including phenoxy) is 1. The molecule has 4 aromatic rings. The van der Waals surface area contributed by atoms with Gasteiger partial charge >= 0.3 is 6.09 Å². The molecule has 1 atom stereocenters. The summed E-state index contributed by atoms with van der Waals surface area (Å²) in [5.41, 5.74) is -0.895. The molecule has 1 saturated heterocycles. The van der Waals surface area contributed by atoms with Gasteiger partial charge in [-0.15, -0.1) is 11.3 Å². The highest BCUT2D eigenvalue weighted by Gasteiger charge is 2.36. The van der Waals surface area contributed by atoms with Crippen LogP contribution in [0.2, 0.25) is 5.28 Å². The number of rotatable bonds is 6. The molecule has 9 nitrogen and oxygen atoms in total. The van der Waals surface area contributed by atoms with Crippen LogP contribution in [-0.2, 0) is 14.8 Å². The molecule has 0 spiro atoms. The minimum absolute atomic E-state index is 0.0613. The van der Waals surface area contributed by atoms with Crippen molar-refractivity contribution in [1.29, 1.82) is 0 Å². The summed E-state index contributed by atoms with van der Waals surface area (Å²) in [5.74, 6) is -3.20. The van der Waals surface area contributed by atoms with Gasteiger partial charge in [-0.25, -0.2) is 41.3 Å². The molecule has 1 fully saturated rings. The topological polar surface area (TPSA) is 114 Å². The molecule has 0 bridgehead atoms. The van der Waals surface area contributed by atoms with E-state index in [-0.39, 0.29) is 16.5 Å². The maximum absolute atomic E-state index is 16.1. The number of anilines is 1. The van der Waals surface area contributed by atoms with Crippen LogP contribution in [0.15, 0.2) is 53.6 Å². The van der Waals surface area contributed by atoms with Gasteiger partial charge in [0, 0.05) is 18.3 Å². The number of carbonyl (C=O) groups is 1. The number of amides is 1. The second kappa shape index (κ2) is 11.7. The Morgan fingerprint density at radius 1 is 1.14 bits per heavy atom. The van der Waals surface area contributed by atoms with Crippen molar-refractivity contribution in [1.82, 2.24) is 19.9 Å². The number of aromatic nitrogens is 3. The highest BCUT2D eigenvalue weighted by Crippen LogP contribution is 2.44. The molecule has 1 aliphatic heterocycles. The van der Waals surface area contributed by atoms with Gasteiger partial charge in [0.15, 0.2) is 5.82 Å². The maximum Gasteiger partial charge on any atom is 0.410 e. The number of hydrogen-bond acceptors (Lipinski definition) is 8. The van der Waals surface area contributed by atoms with E-state index in [4.69, 9.17) is 21.3 Å². The van der Waals surface area contributed by atoms with Crippen LogP contribution in [0.1, 0.15) is 44.7 Å². The molecule has 0 radical (unpaired) electrons. The van der Waals surface area contributed by atoms with Crippen LogP contribution in [-0.4, -0.2) is 46.5 Å². The number of likely N-dealkylation sites (tertiary alicyclic amines) is 1. The first-order valence-corrected chi connectivity index (χ1v) is 15.7. The van der Waals surface area contributed by atoms with Crippen LogP contribution in [0, 0.1) is 17.5 Å². The summed E-state index contributed by atoms with van der Waals surface area (Å²) in [6.07, 6.45) is 2.18. The van der Waals surface area contributed by atoms with Gasteiger partial charge in [-0.05, 0) is 81.6 Å². The van der Waals surface area contributed by atoms with Gasteiger partial charge in [0.2, 0.25) is 5.28 Å². The Balaban J connectivity index is 1.59. The molecule has 2 aromatic heterocycles. The summed E-state index contributed by atoms with van der Waals surface area (Å²) in [7, 11) is -4.71. The lowest BCUT2D eigenvalue weighted by atomic mass is 10.1. The van der Waals surface area contributed by atoms with Crippen molar-refractivity contribution in [2.75, 3.05) is 11.3 Å². The number of hydrogen-bond donors (Lipinski definition) is 1. The molecule has 1 N–H and O–H groups in total. The molecule has 15 heteroatoms. The monoisotopic (exact) mass is 651 g/mol. The van der Waals surface area contributed by atoms with Gasteiger partial charge < -0.3 is 4.74 Å². The van der Waals surface area contributed by atoms with Crippen molar-refractivity contribution in [2.45, 2.75) is 50.2 Å². The van der Waals surface area contributed by atoms with E-state index in [9.17, 15) is 22.0 Å². The summed E-state index contributed by atoms with van der Waals surface area (Å²) in [6, 6.07) is 6.94. The van der Waals surface area contributed by atoms with E-state index in [0.717, 1.165) is 12.1 Å². The molecule has 43 heavy (non-hydrogen) atoms. The molecule has 2 aromatic carbocycles. The largest absolute Gasteiger partial charge is 0.444 e. The van der Waals surface area contributed by atoms with Gasteiger partial charge in [0.05, 0.1) is 28.0 Å². The Kier molecular flexibility index (Phi) is 8.38. The van der Waals surface area contributed by atoms with Crippen molar-refractivity contribution in [3.63, 3.8) is 0 Å². The van der Waals surface area contributed by atoms with Gasteiger partial charge in [-0.3, -0.25) is 9.62 Å². The van der Waals surface area contributed by atoms with Gasteiger partial charge in [-0.1, -0.05) is 6.07 Å². The third-order valence-corrected chi connectivity index (χ3v) is 9.09. The molecular formula is C28H25ClF3N5O4S2. The molecule has 0 saturated carbocycles. The van der Waals surface area contributed by atoms with E-state index >= 15 is 4.39 Å². The Labute approximate surface area is 254 Å². The first-order chi connectivity index (χ1) is 20.2. The molecule has 1 unspecified atom stereocenters. The number of halogens is 4. The smallest absolute Gasteiger partial charge is 0.410 e. The predicted octanol–water partition coefficient (Wildman–Crippen LogP) is 7.21. The third-order valence-electron chi connectivity index (χ3n) is 6.35. The first kappa shape index (κ1) is 30.7. The minimum atomic E-state index is -4.71. The molecule has 1 amide bonds. The molecule has 5 rings (SSSR count). The fourth-order valence-electron chi connectivity index (χ4n) is 4.54. The van der Waals surface area contributed by atoms with Crippen molar-refractivity contribution in [3.05, 3.63) is 76.4 Å². The standard InChI is InChI=1S/C28H25ClF3N5O4S2/c1-28(2,3)41-27(38)37-13-5-8-20(37)25-35-23(24(42-25)19-11-12-33-26(29)34-19)16-6-4-7-18(22(16)32)36-43(39,40)21-14-15(30)9-10-17(21)31/h4,6-7,9-12,14,20,36H,5,8,13H2,1-3H3. The number of nitrogens with zero attached hydrogens (tertiary/aromatic N) is 4. The fraction of sp³-hybridized carbons (Fsp3) is 0.286. The van der Waals surface area contributed by atoms with Crippen LogP contribution < -0.4 is 4.72 Å². The zero-order valence-corrected chi connectivity index (χ0v) is 25.5. The zero-order valence-electron chi connectivity index (χ0n) is 23.1. The van der Waals surface area contributed by atoms with E-state index in [0.29, 0.717) is 47.1 Å². The fourth-order valence-corrected chi connectivity index (χ4v) is 7.03. The van der Waals surface area contributed by atoms with Crippen LogP contribution in [0.4, 0.5) is 23.7 Å². The summed E-state index contributed by atoms with van der Waals surface area (Å²) >= 11 is 7.22. The number of sulfonamides is 1. The van der Waals surface area contributed by atoms with Gasteiger partial charge in [0.25, 0.3) is 10.0 Å². The van der Waals surface area contributed by atoms with E-state index in [2.05, 4.69) is 9.97 Å². The van der Waals surface area contributed by atoms with Gasteiger partial charge in [-0.2, -0.15) is 0 Å². The normalized spacial score (nSPS) is 15.5. The van der Waals surface area contributed by atoms with Crippen molar-refractivity contribution < 1.29 is 31.1 Å². The minimum Gasteiger partial charge on any atom is -0.444 e. The number of carbonyl (C=O) groups excluding carboxylic acids is 1. The van der Waals surface area contributed by atoms with Crippen LogP contribution in [0.3, 0.4) is 0 Å². The summed E-state index contributed by atoms with van der Waals surface area (Å²) < 4.78 is 77.4. The van der Waals surface area contributed by atoms with Crippen molar-refractivity contribution >= 4 is 44.7 Å². The second-order valence-corrected chi connectivity index (χ2v) is 13.6. The molecule has 1 aliphatic rings. The van der Waals surface area contributed by atoms with E-state index in [1.807, 2.05) is 4.72 Å². The summed E-state index contributed by atoms with van der Waals surface area (Å²) in [4.78, 5) is 26.8. The summed E-state index contributed by atoms with van der Waals surface area (Å²) in [5, 5.41) is 0.420. The number of nitrogens with one attached hydrogen (secondary N) is 1. The van der Waals surface area contributed by atoms with Gasteiger partial charge in [0.1, 0.15) is 27.1 Å². The maximum atomic E-state index is 16.1. The third kappa shape index (κ3) is 6.60. The van der Waals surface area contributed by atoms with Crippen molar-refractivity contribution in [2.24, 2.45) is 0 Å². The van der Waals surface area contributed by atoms with E-state index in [1.165, 1.54) is 29.7 Å². The second-order valence-electron chi connectivity index (χ2n) is 10.6. The predicted molar refractivity (Wildman–Crippen MR) is 156 cm³/mol. The van der Waals surface area contributed by atoms with Crippen LogP contribution in [0.5, 0.6) is 0 Å². The Hall–Kier alpha value is -3.75. The Morgan fingerprint density at radius 2 is 1.91 bits per heavy atom. The van der Waals surface area contributed by atoms with E-state index < -0.39 is 55.8 Å². The average Bonchev–Trinajstić information content (AvgIpc) is 3.58. The lowest BCUT2D eigenvalue weighted by molar-refractivity contribution is 0.0224. The quantitative estimate of drug-likeness (QED) is 0.219. The molecule has 0 aliphatic carbocycles. The van der Waals surface area contributed by atoms with Crippen molar-refractivity contribution in [3.8, 4) is 21.8 Å². The summed E-state index contributed by atoms with van der Waals surface area (Å²) in [6.45, 7) is 5.73. The highest BCUT2D eigenvalue weighted by molar-refractivity contribution is 7.92. The SMILES string of the molecule is CC(C)(C)OC(=O)N1CCCC1c1nc(-c2cccc(NS(=O)(=O)c3cc(F)ccc3F)c2F)c(-c2ccnc(Cl)n2)s1. The lowest BCUT2D eigenvalue weighted by Crippen LogP contribution is -2.36. The Bertz CT molecular complexity index is 1810. The van der Waals surface area contributed by atoms with Crippen LogP contribution >= 0.6 is 22.9 Å². The zero-order chi connectivity index (χ0) is 31.1. The highest BCUT2D eigenvalue weighted by atomic mass is 35.5. The molecule has 3 heterocycles. The molecule has 226 valence electrons. The van der Waals surface area contributed by atoms with Crippen LogP contribution in [0.25, 0.3) is 21.8 Å². The first-order valence-electron chi connectivity index (χ1n) is 13.0.